The van der Waals surface area contributed by atoms with Crippen molar-refractivity contribution in [3.63, 3.8) is 0 Å². The molecular weight excluding hydrogens is 250 g/mol. The van der Waals surface area contributed by atoms with Gasteiger partial charge in [0.15, 0.2) is 0 Å². The van der Waals surface area contributed by atoms with Gasteiger partial charge in [-0.15, -0.1) is 0 Å². The summed E-state index contributed by atoms with van der Waals surface area (Å²) in [4.78, 5) is 15.2. The van der Waals surface area contributed by atoms with E-state index in [4.69, 9.17) is 4.74 Å². The van der Waals surface area contributed by atoms with Crippen LogP contribution in [0.25, 0.3) is 0 Å². The van der Waals surface area contributed by atoms with Crippen molar-refractivity contribution in [2.45, 2.75) is 59.0 Å². The summed E-state index contributed by atoms with van der Waals surface area (Å²) < 4.78 is 6.21. The van der Waals surface area contributed by atoms with Gasteiger partial charge in [-0.25, -0.2) is 0 Å². The molecule has 0 bridgehead atoms. The molecule has 2 aliphatic rings. The van der Waals surface area contributed by atoms with E-state index in [-0.39, 0.29) is 17.1 Å². The third-order valence-electron chi connectivity index (χ3n) is 5.49. The Hall–Kier alpha value is -1.25. The van der Waals surface area contributed by atoms with E-state index in [1.54, 1.807) is 6.20 Å². The van der Waals surface area contributed by atoms with Gasteiger partial charge < -0.3 is 9.72 Å². The number of hydrogen-bond donors (Lipinski definition) is 1. The highest BCUT2D eigenvalue weighted by Gasteiger charge is 2.53. The molecule has 1 aromatic rings. The fourth-order valence-corrected chi connectivity index (χ4v) is 5.04. The van der Waals surface area contributed by atoms with Crippen LogP contribution in [0.4, 0.5) is 0 Å². The van der Waals surface area contributed by atoms with Gasteiger partial charge in [-0.05, 0) is 37.2 Å². The van der Waals surface area contributed by atoms with Crippen LogP contribution in [-0.4, -0.2) is 11.1 Å². The number of hydrogen-bond acceptors (Lipinski definition) is 2. The second kappa shape index (κ2) is 4.64. The van der Waals surface area contributed by atoms with Crippen LogP contribution in [0.15, 0.2) is 17.1 Å². The van der Waals surface area contributed by atoms with Gasteiger partial charge >= 0.3 is 0 Å². The second-order valence-corrected chi connectivity index (χ2v) is 7.11. The second-order valence-electron chi connectivity index (χ2n) is 7.11. The molecular formula is C17H25NO2. The smallest absolute Gasteiger partial charge is 0.255 e. The minimum atomic E-state index is 0.0367. The maximum absolute atomic E-state index is 12.3. The molecule has 1 aliphatic heterocycles. The predicted molar refractivity (Wildman–Crippen MR) is 80.2 cm³/mol. The lowest BCUT2D eigenvalue weighted by molar-refractivity contribution is -0.0463. The maximum atomic E-state index is 12.3. The number of nitrogens with one attached hydrogen (secondary N) is 1. The molecule has 2 unspecified atom stereocenters. The number of aromatic nitrogens is 1. The fourth-order valence-electron chi connectivity index (χ4n) is 5.04. The third-order valence-corrected chi connectivity index (χ3v) is 5.49. The summed E-state index contributed by atoms with van der Waals surface area (Å²) in [6, 6.07) is 1.92. The molecule has 1 aliphatic carbocycles. The number of aromatic amines is 1. The SMILES string of the molecule is CC[C@H]1Oc2cc[nH]c(=O)c2[C@@H]2C(C)CC(C)C[C@@]21C. The first-order valence-corrected chi connectivity index (χ1v) is 7.85. The number of fused-ring (bicyclic) bond motifs is 3. The highest BCUT2D eigenvalue weighted by Crippen LogP contribution is 2.58. The van der Waals surface area contributed by atoms with Gasteiger partial charge in [-0.2, -0.15) is 0 Å². The topological polar surface area (TPSA) is 42.1 Å². The highest BCUT2D eigenvalue weighted by molar-refractivity contribution is 5.39. The molecule has 5 atom stereocenters. The van der Waals surface area contributed by atoms with Gasteiger partial charge in [-0.3, -0.25) is 4.79 Å². The maximum Gasteiger partial charge on any atom is 0.255 e. The van der Waals surface area contributed by atoms with Crippen LogP contribution in [0, 0.1) is 17.3 Å². The number of pyridine rings is 1. The zero-order chi connectivity index (χ0) is 14.5. The summed E-state index contributed by atoms with van der Waals surface area (Å²) in [5, 5.41) is 0. The molecule has 0 aromatic carbocycles. The first kappa shape index (κ1) is 13.7. The van der Waals surface area contributed by atoms with Crippen LogP contribution in [-0.2, 0) is 0 Å². The summed E-state index contributed by atoms with van der Waals surface area (Å²) in [5.41, 5.74) is 1.00. The fraction of sp³-hybridized carbons (Fsp3) is 0.706. The lowest BCUT2D eigenvalue weighted by Gasteiger charge is -2.54. The Morgan fingerprint density at radius 1 is 1.45 bits per heavy atom. The first-order chi connectivity index (χ1) is 9.47. The minimum absolute atomic E-state index is 0.0367. The summed E-state index contributed by atoms with van der Waals surface area (Å²) in [6.07, 6.45) is 5.26. The zero-order valence-corrected chi connectivity index (χ0v) is 12.9. The van der Waals surface area contributed by atoms with E-state index in [1.165, 1.54) is 6.42 Å². The van der Waals surface area contributed by atoms with Crippen molar-refractivity contribution in [3.8, 4) is 5.75 Å². The highest BCUT2D eigenvalue weighted by atomic mass is 16.5. The number of ether oxygens (including phenoxy) is 1. The van der Waals surface area contributed by atoms with Gasteiger partial charge in [0.2, 0.25) is 0 Å². The van der Waals surface area contributed by atoms with Gasteiger partial charge in [0, 0.05) is 17.5 Å². The van der Waals surface area contributed by atoms with Crippen molar-refractivity contribution in [1.82, 2.24) is 4.98 Å². The lowest BCUT2D eigenvalue weighted by Crippen LogP contribution is -2.52. The summed E-state index contributed by atoms with van der Waals surface area (Å²) in [7, 11) is 0. The van der Waals surface area contributed by atoms with Gasteiger partial charge in [-0.1, -0.05) is 27.7 Å². The van der Waals surface area contributed by atoms with E-state index in [2.05, 4.69) is 32.7 Å². The van der Waals surface area contributed by atoms with Crippen molar-refractivity contribution in [3.05, 3.63) is 28.2 Å². The van der Waals surface area contributed by atoms with Gasteiger partial charge in [0.1, 0.15) is 11.9 Å². The molecule has 0 saturated heterocycles. The standard InChI is InChI=1S/C17H25NO2/c1-5-13-17(4)9-10(2)8-11(3)15(17)14-12(20-13)6-7-18-16(14)19/h6-7,10-11,13,15H,5,8-9H2,1-4H3,(H,18,19)/t10?,11?,13-,15+,17-/m1/s1. The largest absolute Gasteiger partial charge is 0.489 e. The van der Waals surface area contributed by atoms with Crippen molar-refractivity contribution in [1.29, 1.82) is 0 Å². The van der Waals surface area contributed by atoms with Crippen molar-refractivity contribution in [2.75, 3.05) is 0 Å². The van der Waals surface area contributed by atoms with Crippen LogP contribution in [0.1, 0.15) is 58.4 Å². The van der Waals surface area contributed by atoms with E-state index < -0.39 is 0 Å². The Morgan fingerprint density at radius 3 is 2.90 bits per heavy atom. The van der Waals surface area contributed by atoms with E-state index in [0.717, 1.165) is 24.2 Å². The van der Waals surface area contributed by atoms with Crippen molar-refractivity contribution < 1.29 is 4.74 Å². The molecule has 20 heavy (non-hydrogen) atoms. The molecule has 2 heterocycles. The molecule has 0 spiro atoms. The van der Waals surface area contributed by atoms with Crippen LogP contribution >= 0.6 is 0 Å². The molecule has 110 valence electrons. The van der Waals surface area contributed by atoms with Crippen LogP contribution < -0.4 is 10.3 Å². The third kappa shape index (κ3) is 1.82. The molecule has 3 heteroatoms. The summed E-state index contributed by atoms with van der Waals surface area (Å²) in [5.74, 6) is 2.36. The predicted octanol–water partition coefficient (Wildman–Crippen LogP) is 3.70. The molecule has 1 saturated carbocycles. The Labute approximate surface area is 120 Å². The Balaban J connectivity index is 2.19. The molecule has 3 nitrogen and oxygen atoms in total. The van der Waals surface area contributed by atoms with Gasteiger partial charge in [0.05, 0.1) is 5.56 Å². The quantitative estimate of drug-likeness (QED) is 0.849. The van der Waals surface area contributed by atoms with E-state index in [1.807, 2.05) is 6.07 Å². The summed E-state index contributed by atoms with van der Waals surface area (Å²) in [6.45, 7) is 9.14. The number of rotatable bonds is 1. The molecule has 0 amide bonds. The normalized spacial score (nSPS) is 39.6. The average molecular weight is 275 g/mol. The lowest BCUT2D eigenvalue weighted by atomic mass is 9.54. The molecule has 1 aromatic heterocycles. The van der Waals surface area contributed by atoms with Gasteiger partial charge in [0.25, 0.3) is 5.56 Å². The van der Waals surface area contributed by atoms with E-state index in [9.17, 15) is 4.79 Å². The number of H-pyrrole nitrogens is 1. The van der Waals surface area contributed by atoms with E-state index >= 15 is 0 Å². The Bertz CT molecular complexity index is 564. The average Bonchev–Trinajstić information content (AvgIpc) is 2.37. The summed E-state index contributed by atoms with van der Waals surface area (Å²) >= 11 is 0. The first-order valence-electron chi connectivity index (χ1n) is 7.85. The monoisotopic (exact) mass is 275 g/mol. The van der Waals surface area contributed by atoms with Crippen molar-refractivity contribution >= 4 is 0 Å². The Morgan fingerprint density at radius 2 is 2.20 bits per heavy atom. The van der Waals surface area contributed by atoms with Crippen LogP contribution in [0.5, 0.6) is 5.75 Å². The molecule has 0 radical (unpaired) electrons. The Kier molecular flexibility index (Phi) is 3.19. The minimum Gasteiger partial charge on any atom is -0.489 e. The molecule has 3 rings (SSSR count). The van der Waals surface area contributed by atoms with Crippen LogP contribution in [0.2, 0.25) is 0 Å². The van der Waals surface area contributed by atoms with Crippen LogP contribution in [0.3, 0.4) is 0 Å². The van der Waals surface area contributed by atoms with E-state index in [0.29, 0.717) is 17.8 Å². The molecule has 1 fully saturated rings. The molecule has 1 N–H and O–H groups in total. The van der Waals surface area contributed by atoms with Crippen molar-refractivity contribution in [2.24, 2.45) is 17.3 Å². The zero-order valence-electron chi connectivity index (χ0n) is 12.9.